The molecule has 4 nitrogen and oxygen atoms in total. The number of carbonyl (C=O) groups is 1. The molecule has 2 aromatic rings. The van der Waals surface area contributed by atoms with Gasteiger partial charge in [-0.1, -0.05) is 30.3 Å². The summed E-state index contributed by atoms with van der Waals surface area (Å²) in [5, 5.41) is 3.10. The Balaban J connectivity index is 1.24. The van der Waals surface area contributed by atoms with Gasteiger partial charge in [-0.2, -0.15) is 0 Å². The fourth-order valence-corrected chi connectivity index (χ4v) is 4.59. The Kier molecular flexibility index (Phi) is 4.07. The van der Waals surface area contributed by atoms with Gasteiger partial charge in [-0.25, -0.2) is 4.79 Å². The lowest BCUT2D eigenvalue weighted by molar-refractivity contribution is 0.210. The van der Waals surface area contributed by atoms with Gasteiger partial charge in [-0.15, -0.1) is 0 Å². The highest BCUT2D eigenvalue weighted by atomic mass is 16.5. The van der Waals surface area contributed by atoms with Crippen LogP contribution in [0, 0.1) is 0 Å². The van der Waals surface area contributed by atoms with Crippen molar-refractivity contribution in [1.29, 1.82) is 0 Å². The normalized spacial score (nSPS) is 19.9. The summed E-state index contributed by atoms with van der Waals surface area (Å²) in [6, 6.07) is 16.5. The number of amides is 2. The molecule has 1 N–H and O–H groups in total. The van der Waals surface area contributed by atoms with Crippen LogP contribution in [0.15, 0.2) is 48.5 Å². The van der Waals surface area contributed by atoms with E-state index in [1.165, 1.54) is 31.2 Å². The van der Waals surface area contributed by atoms with Gasteiger partial charge in [0.15, 0.2) is 0 Å². The predicted molar refractivity (Wildman–Crippen MR) is 106 cm³/mol. The molecule has 4 heteroatoms. The molecule has 0 aromatic heterocycles. The number of fused-ring (bicyclic) bond motifs is 2. The van der Waals surface area contributed by atoms with Gasteiger partial charge in [0.1, 0.15) is 5.75 Å². The first-order valence-corrected chi connectivity index (χ1v) is 10.1. The second kappa shape index (κ2) is 6.59. The number of nitrogens with zero attached hydrogens (tertiary/aromatic N) is 1. The molecule has 3 aliphatic rings. The lowest BCUT2D eigenvalue weighted by atomic mass is 9.99. The zero-order chi connectivity index (χ0) is 18.3. The number of urea groups is 1. The summed E-state index contributed by atoms with van der Waals surface area (Å²) < 4.78 is 6.08. The van der Waals surface area contributed by atoms with Gasteiger partial charge in [0.2, 0.25) is 0 Å². The van der Waals surface area contributed by atoms with Crippen molar-refractivity contribution in [3.8, 4) is 5.75 Å². The molecule has 0 bridgehead atoms. The Morgan fingerprint density at radius 3 is 2.74 bits per heavy atom. The van der Waals surface area contributed by atoms with E-state index in [1.807, 2.05) is 29.2 Å². The number of hydrogen-bond acceptors (Lipinski definition) is 2. The highest BCUT2D eigenvalue weighted by molar-refractivity contribution is 5.95. The molecular formula is C23H26N2O2. The van der Waals surface area contributed by atoms with E-state index in [-0.39, 0.29) is 11.4 Å². The van der Waals surface area contributed by atoms with E-state index in [0.717, 1.165) is 36.4 Å². The molecule has 27 heavy (non-hydrogen) atoms. The summed E-state index contributed by atoms with van der Waals surface area (Å²) in [5.74, 6) is 0.914. The van der Waals surface area contributed by atoms with Gasteiger partial charge in [-0.3, -0.25) is 4.90 Å². The zero-order valence-electron chi connectivity index (χ0n) is 15.6. The average molecular weight is 362 g/mol. The van der Waals surface area contributed by atoms with Crippen molar-refractivity contribution in [1.82, 2.24) is 5.32 Å². The van der Waals surface area contributed by atoms with E-state index in [2.05, 4.69) is 29.6 Å². The smallest absolute Gasteiger partial charge is 0.322 e. The maximum atomic E-state index is 12.8. The predicted octanol–water partition coefficient (Wildman–Crippen LogP) is 4.77. The number of anilines is 1. The van der Waals surface area contributed by atoms with Crippen molar-refractivity contribution >= 4 is 11.7 Å². The summed E-state index contributed by atoms with van der Waals surface area (Å²) in [7, 11) is 0. The van der Waals surface area contributed by atoms with Gasteiger partial charge in [0, 0.05) is 24.2 Å². The molecule has 1 heterocycles. The Labute approximate surface area is 160 Å². The van der Waals surface area contributed by atoms with Crippen molar-refractivity contribution in [2.45, 2.75) is 56.6 Å². The van der Waals surface area contributed by atoms with E-state index in [4.69, 9.17) is 4.74 Å². The molecule has 2 aliphatic carbocycles. The van der Waals surface area contributed by atoms with Gasteiger partial charge >= 0.3 is 6.03 Å². The van der Waals surface area contributed by atoms with E-state index in [1.54, 1.807) is 0 Å². The van der Waals surface area contributed by atoms with Crippen LogP contribution in [0.4, 0.5) is 10.5 Å². The molecule has 0 unspecified atom stereocenters. The number of ether oxygens (including phenoxy) is 1. The number of benzene rings is 2. The Morgan fingerprint density at radius 1 is 1.11 bits per heavy atom. The molecule has 1 spiro atoms. The van der Waals surface area contributed by atoms with Crippen LogP contribution in [0.2, 0.25) is 0 Å². The first-order valence-electron chi connectivity index (χ1n) is 10.1. The van der Waals surface area contributed by atoms with Crippen LogP contribution in [0.1, 0.15) is 49.7 Å². The van der Waals surface area contributed by atoms with Crippen LogP contribution in [-0.4, -0.2) is 18.7 Å². The van der Waals surface area contributed by atoms with Crippen LogP contribution in [0.5, 0.6) is 5.75 Å². The number of rotatable bonds is 4. The third kappa shape index (κ3) is 3.18. The molecule has 2 fully saturated rings. The molecular weight excluding hydrogens is 336 g/mol. The maximum Gasteiger partial charge on any atom is 0.322 e. The standard InChI is InChI=1S/C23H26N2O2/c26-22(25-16-23(12-13-23)20-10-3-4-11-21(20)25)24-15-17-6-5-9-19(14-17)27-18-7-1-2-8-18/h3-6,9-11,14,18H,1-2,7-8,12-13,15-16H2,(H,24,26). The van der Waals surface area contributed by atoms with Crippen molar-refractivity contribution < 1.29 is 9.53 Å². The summed E-state index contributed by atoms with van der Waals surface area (Å²) in [4.78, 5) is 14.8. The lowest BCUT2D eigenvalue weighted by Gasteiger charge is -2.19. The topological polar surface area (TPSA) is 41.6 Å². The minimum Gasteiger partial charge on any atom is -0.490 e. The monoisotopic (exact) mass is 362 g/mol. The first-order chi connectivity index (χ1) is 13.2. The maximum absolute atomic E-state index is 12.8. The van der Waals surface area contributed by atoms with Gasteiger partial charge in [-0.05, 0) is 67.9 Å². The zero-order valence-corrected chi connectivity index (χ0v) is 15.6. The van der Waals surface area contributed by atoms with Gasteiger partial charge < -0.3 is 10.1 Å². The molecule has 2 saturated carbocycles. The SMILES string of the molecule is O=C(NCc1cccc(OC2CCCC2)c1)N1CC2(CC2)c2ccccc21. The Bertz CT molecular complexity index is 853. The van der Waals surface area contributed by atoms with E-state index in [9.17, 15) is 4.79 Å². The Morgan fingerprint density at radius 2 is 1.93 bits per heavy atom. The fourth-order valence-electron chi connectivity index (χ4n) is 4.59. The number of nitrogens with one attached hydrogen (secondary N) is 1. The van der Waals surface area contributed by atoms with E-state index >= 15 is 0 Å². The largest absolute Gasteiger partial charge is 0.490 e. The highest BCUT2D eigenvalue weighted by Gasteiger charge is 2.52. The summed E-state index contributed by atoms with van der Waals surface area (Å²) in [6.07, 6.45) is 7.56. The molecule has 1 aliphatic heterocycles. The van der Waals surface area contributed by atoms with Crippen LogP contribution in [-0.2, 0) is 12.0 Å². The van der Waals surface area contributed by atoms with Crippen molar-refractivity contribution in [3.05, 3.63) is 59.7 Å². The summed E-state index contributed by atoms with van der Waals surface area (Å²) in [5.41, 5.74) is 3.72. The molecule has 0 atom stereocenters. The molecule has 5 rings (SSSR count). The number of para-hydroxylation sites is 1. The van der Waals surface area contributed by atoms with Crippen LogP contribution in [0.3, 0.4) is 0 Å². The van der Waals surface area contributed by atoms with Crippen LogP contribution >= 0.6 is 0 Å². The third-order valence-electron chi connectivity index (χ3n) is 6.27. The number of hydrogen-bond donors (Lipinski definition) is 1. The van der Waals surface area contributed by atoms with Gasteiger partial charge in [0.05, 0.1) is 6.10 Å². The molecule has 2 aromatic carbocycles. The molecule has 0 radical (unpaired) electrons. The van der Waals surface area contributed by atoms with Gasteiger partial charge in [0.25, 0.3) is 0 Å². The quantitative estimate of drug-likeness (QED) is 0.851. The van der Waals surface area contributed by atoms with E-state index < -0.39 is 0 Å². The molecule has 140 valence electrons. The number of carbonyl (C=O) groups excluding carboxylic acids is 1. The molecule has 0 saturated heterocycles. The minimum atomic E-state index is -0.00617. The molecule has 2 amide bonds. The first kappa shape index (κ1) is 16.7. The van der Waals surface area contributed by atoms with Crippen molar-refractivity contribution in [2.24, 2.45) is 0 Å². The minimum absolute atomic E-state index is 0.00617. The second-order valence-corrected chi connectivity index (χ2v) is 8.21. The second-order valence-electron chi connectivity index (χ2n) is 8.21. The van der Waals surface area contributed by atoms with Crippen molar-refractivity contribution in [2.75, 3.05) is 11.4 Å². The summed E-state index contributed by atoms with van der Waals surface area (Å²) in [6.45, 7) is 1.33. The lowest BCUT2D eigenvalue weighted by Crippen LogP contribution is -2.39. The Hall–Kier alpha value is -2.49. The van der Waals surface area contributed by atoms with Crippen molar-refractivity contribution in [3.63, 3.8) is 0 Å². The van der Waals surface area contributed by atoms with Crippen LogP contribution < -0.4 is 15.0 Å². The fraction of sp³-hybridized carbons (Fsp3) is 0.435. The van der Waals surface area contributed by atoms with Crippen LogP contribution in [0.25, 0.3) is 0 Å². The average Bonchev–Trinajstić information content (AvgIpc) is 3.15. The summed E-state index contributed by atoms with van der Waals surface area (Å²) >= 11 is 0. The third-order valence-corrected chi connectivity index (χ3v) is 6.27. The highest BCUT2D eigenvalue weighted by Crippen LogP contribution is 2.56. The van der Waals surface area contributed by atoms with E-state index in [0.29, 0.717) is 12.6 Å².